The molecule has 32 heavy (non-hydrogen) atoms. The zero-order valence-corrected chi connectivity index (χ0v) is 17.7. The number of methoxy groups -OCH3 is 1. The maximum atomic E-state index is 12.9. The molecule has 0 atom stereocenters. The van der Waals surface area contributed by atoms with Crippen LogP contribution in [0.1, 0.15) is 32.9 Å². The fraction of sp³-hybridized carbons (Fsp3) is 0.208. The number of carbonyl (C=O) groups excluding carboxylic acids is 1. The summed E-state index contributed by atoms with van der Waals surface area (Å²) in [4.78, 5) is 26.5. The van der Waals surface area contributed by atoms with Gasteiger partial charge in [-0.1, -0.05) is 30.3 Å². The highest BCUT2D eigenvalue weighted by Crippen LogP contribution is 2.31. The topological polar surface area (TPSA) is 94.8 Å². The molecule has 1 N–H and O–H groups in total. The molecule has 0 spiro atoms. The Kier molecular flexibility index (Phi) is 5.43. The monoisotopic (exact) mass is 426 g/mol. The molecule has 0 fully saturated rings. The Morgan fingerprint density at radius 3 is 2.75 bits per heavy atom. The zero-order valence-electron chi connectivity index (χ0n) is 17.7. The summed E-state index contributed by atoms with van der Waals surface area (Å²) < 4.78 is 6.94. The molecule has 0 unspecified atom stereocenters. The van der Waals surface area contributed by atoms with Crippen LogP contribution in [0.2, 0.25) is 0 Å². The molecular weight excluding hydrogens is 404 g/mol. The molecule has 160 valence electrons. The van der Waals surface area contributed by atoms with Gasteiger partial charge in [0.25, 0.3) is 11.9 Å². The van der Waals surface area contributed by atoms with E-state index in [0.717, 1.165) is 35.4 Å². The van der Waals surface area contributed by atoms with E-state index in [1.54, 1.807) is 18.0 Å². The fourth-order valence-electron chi connectivity index (χ4n) is 3.93. The number of fused-ring (bicyclic) bond motifs is 3. The molecule has 1 aromatic carbocycles. The number of pyridine rings is 1. The quantitative estimate of drug-likeness (QED) is 0.509. The Labute approximate surface area is 185 Å². The summed E-state index contributed by atoms with van der Waals surface area (Å²) in [7, 11) is 1.58. The maximum Gasteiger partial charge on any atom is 0.255 e. The summed E-state index contributed by atoms with van der Waals surface area (Å²) >= 11 is 0. The van der Waals surface area contributed by atoms with E-state index in [2.05, 4.69) is 32.5 Å². The molecule has 0 saturated heterocycles. The van der Waals surface area contributed by atoms with Crippen molar-refractivity contribution in [3.8, 4) is 17.2 Å². The van der Waals surface area contributed by atoms with Gasteiger partial charge in [-0.3, -0.25) is 9.78 Å². The van der Waals surface area contributed by atoms with Crippen LogP contribution in [0, 0.1) is 0 Å². The number of amides is 1. The predicted molar refractivity (Wildman–Crippen MR) is 118 cm³/mol. The number of ether oxygens (including phenoxy) is 1. The fourth-order valence-corrected chi connectivity index (χ4v) is 3.93. The van der Waals surface area contributed by atoms with Crippen LogP contribution in [0.15, 0.2) is 61.1 Å². The highest BCUT2D eigenvalue weighted by atomic mass is 16.5. The molecule has 8 heteroatoms. The second kappa shape index (κ2) is 8.68. The third-order valence-corrected chi connectivity index (χ3v) is 5.53. The lowest BCUT2D eigenvalue weighted by Crippen LogP contribution is -2.24. The Balaban J connectivity index is 1.47. The predicted octanol–water partition coefficient (Wildman–Crippen LogP) is 2.90. The first-order valence-corrected chi connectivity index (χ1v) is 10.4. The highest BCUT2D eigenvalue weighted by Gasteiger charge is 2.22. The molecule has 1 aliphatic rings. The van der Waals surface area contributed by atoms with E-state index < -0.39 is 0 Å². The first-order chi connectivity index (χ1) is 15.7. The first kappa shape index (κ1) is 20.0. The van der Waals surface area contributed by atoms with Crippen molar-refractivity contribution in [1.82, 2.24) is 30.0 Å². The second-order valence-electron chi connectivity index (χ2n) is 7.55. The molecule has 0 radical (unpaired) electrons. The average Bonchev–Trinajstić information content (AvgIpc) is 3.27. The number of aryl methyl sites for hydroxylation is 2. The van der Waals surface area contributed by atoms with Gasteiger partial charge in [0, 0.05) is 25.1 Å². The van der Waals surface area contributed by atoms with Crippen LogP contribution >= 0.6 is 0 Å². The number of nitrogens with zero attached hydrogens (tertiary/aromatic N) is 5. The average molecular weight is 426 g/mol. The molecule has 0 saturated carbocycles. The molecule has 1 aliphatic carbocycles. The molecule has 0 bridgehead atoms. The van der Waals surface area contributed by atoms with Crippen LogP contribution in [0.4, 0.5) is 0 Å². The van der Waals surface area contributed by atoms with Crippen molar-refractivity contribution in [3.63, 3.8) is 0 Å². The van der Waals surface area contributed by atoms with E-state index in [1.807, 2.05) is 36.5 Å². The van der Waals surface area contributed by atoms with Crippen LogP contribution < -0.4 is 5.32 Å². The van der Waals surface area contributed by atoms with Crippen molar-refractivity contribution < 1.29 is 9.53 Å². The van der Waals surface area contributed by atoms with Crippen LogP contribution in [0.3, 0.4) is 0 Å². The van der Waals surface area contributed by atoms with Crippen LogP contribution in [0.25, 0.3) is 17.2 Å². The Morgan fingerprint density at radius 1 is 1.06 bits per heavy atom. The lowest BCUT2D eigenvalue weighted by Gasteiger charge is -2.19. The zero-order chi connectivity index (χ0) is 21.9. The van der Waals surface area contributed by atoms with Gasteiger partial charge in [0.1, 0.15) is 0 Å². The minimum absolute atomic E-state index is 0.198. The molecule has 5 rings (SSSR count). The van der Waals surface area contributed by atoms with E-state index >= 15 is 0 Å². The van der Waals surface area contributed by atoms with Crippen molar-refractivity contribution in [1.29, 1.82) is 0 Å². The van der Waals surface area contributed by atoms with Crippen molar-refractivity contribution in [3.05, 3.63) is 89.1 Å². The van der Waals surface area contributed by atoms with Gasteiger partial charge in [-0.2, -0.15) is 9.78 Å². The van der Waals surface area contributed by atoms with Gasteiger partial charge >= 0.3 is 0 Å². The summed E-state index contributed by atoms with van der Waals surface area (Å²) in [5.74, 6) is 0.161. The molecule has 1 amide bonds. The Bertz CT molecular complexity index is 1270. The minimum Gasteiger partial charge on any atom is -0.378 e. The molecule has 8 nitrogen and oxygen atoms in total. The number of hydrogen-bond acceptors (Lipinski definition) is 6. The third kappa shape index (κ3) is 3.76. The number of rotatable bonds is 6. The maximum absolute atomic E-state index is 12.9. The van der Waals surface area contributed by atoms with E-state index in [1.165, 1.54) is 11.8 Å². The number of aromatic nitrogens is 5. The highest BCUT2D eigenvalue weighted by molar-refractivity contribution is 5.95. The minimum atomic E-state index is -0.253. The van der Waals surface area contributed by atoms with Crippen LogP contribution in [-0.4, -0.2) is 37.7 Å². The van der Waals surface area contributed by atoms with Crippen LogP contribution in [0.5, 0.6) is 0 Å². The van der Waals surface area contributed by atoms with Crippen molar-refractivity contribution in [2.45, 2.75) is 26.0 Å². The summed E-state index contributed by atoms with van der Waals surface area (Å²) in [5.41, 5.74) is 6.21. The van der Waals surface area contributed by atoms with Gasteiger partial charge in [0.2, 0.25) is 0 Å². The van der Waals surface area contributed by atoms with E-state index in [4.69, 9.17) is 9.72 Å². The van der Waals surface area contributed by atoms with Gasteiger partial charge in [-0.25, -0.2) is 9.97 Å². The molecule has 3 aromatic heterocycles. The SMILES string of the molecule is COCc1c(C(=O)NCc2ccccn2)cnn1-c1ncc2c(n1)-c1ccccc1CC2. The van der Waals surface area contributed by atoms with Crippen LogP contribution in [-0.2, 0) is 30.7 Å². The Morgan fingerprint density at radius 2 is 1.91 bits per heavy atom. The largest absolute Gasteiger partial charge is 0.378 e. The number of nitrogens with one attached hydrogen (secondary N) is 1. The lowest BCUT2D eigenvalue weighted by molar-refractivity contribution is 0.0945. The normalized spacial score (nSPS) is 12.2. The van der Waals surface area contributed by atoms with Crippen molar-refractivity contribution in [2.24, 2.45) is 0 Å². The van der Waals surface area contributed by atoms with Gasteiger partial charge in [-0.05, 0) is 36.1 Å². The molecule has 0 aliphatic heterocycles. The second-order valence-corrected chi connectivity index (χ2v) is 7.55. The summed E-state index contributed by atoms with van der Waals surface area (Å²) in [6, 6.07) is 13.9. The van der Waals surface area contributed by atoms with E-state index in [-0.39, 0.29) is 12.5 Å². The lowest BCUT2D eigenvalue weighted by atomic mass is 9.90. The smallest absolute Gasteiger partial charge is 0.255 e. The summed E-state index contributed by atoms with van der Waals surface area (Å²) in [6.07, 6.45) is 6.95. The first-order valence-electron chi connectivity index (χ1n) is 10.4. The molecular formula is C24H22N6O2. The van der Waals surface area contributed by atoms with E-state index in [9.17, 15) is 4.79 Å². The van der Waals surface area contributed by atoms with Gasteiger partial charge in [-0.15, -0.1) is 0 Å². The summed E-state index contributed by atoms with van der Waals surface area (Å²) in [6.45, 7) is 0.521. The Hall–Kier alpha value is -3.91. The number of hydrogen-bond donors (Lipinski definition) is 1. The van der Waals surface area contributed by atoms with E-state index in [0.29, 0.717) is 23.8 Å². The van der Waals surface area contributed by atoms with Gasteiger partial charge < -0.3 is 10.1 Å². The number of benzene rings is 1. The standard InChI is InChI=1S/C24H22N6O2/c1-32-15-21-20(23(31)26-13-18-7-4-5-11-25-18)14-28-30(21)24-27-12-17-10-9-16-6-2-3-8-19(16)22(17)29-24/h2-8,11-12,14H,9-10,13,15H2,1H3,(H,26,31). The molecule has 4 aromatic rings. The van der Waals surface area contributed by atoms with Crippen molar-refractivity contribution in [2.75, 3.05) is 7.11 Å². The number of carbonyl (C=O) groups is 1. The molecule has 3 heterocycles. The van der Waals surface area contributed by atoms with Gasteiger partial charge in [0.15, 0.2) is 0 Å². The third-order valence-electron chi connectivity index (χ3n) is 5.53. The summed E-state index contributed by atoms with van der Waals surface area (Å²) in [5, 5.41) is 7.31. The van der Waals surface area contributed by atoms with Gasteiger partial charge in [0.05, 0.1) is 42.0 Å². The van der Waals surface area contributed by atoms with Crippen molar-refractivity contribution >= 4 is 5.91 Å².